The lowest BCUT2D eigenvalue weighted by molar-refractivity contribution is 0.0600. The van der Waals surface area contributed by atoms with Crippen LogP contribution in [0, 0.1) is 0 Å². The Balaban J connectivity index is 1.88. The average Bonchev–Trinajstić information content (AvgIpc) is 2.75. The number of ether oxygens (including phenoxy) is 1. The van der Waals surface area contributed by atoms with E-state index in [1.807, 2.05) is 0 Å². The van der Waals surface area contributed by atoms with Crippen molar-refractivity contribution in [1.82, 2.24) is 19.0 Å². The number of esters is 1. The van der Waals surface area contributed by atoms with Gasteiger partial charge >= 0.3 is 11.7 Å². The molecule has 0 spiro atoms. The highest BCUT2D eigenvalue weighted by molar-refractivity contribution is 5.96. The monoisotopic (exact) mass is 396 g/mol. The second kappa shape index (κ2) is 7.70. The number of amides is 1. The van der Waals surface area contributed by atoms with Crippen molar-refractivity contribution in [3.8, 4) is 0 Å². The number of aromatic nitrogens is 3. The van der Waals surface area contributed by atoms with Crippen molar-refractivity contribution in [2.45, 2.75) is 6.54 Å². The molecule has 0 N–H and O–H groups in total. The zero-order valence-corrected chi connectivity index (χ0v) is 16.5. The number of benzene rings is 1. The van der Waals surface area contributed by atoms with Gasteiger partial charge < -0.3 is 9.64 Å². The maximum atomic E-state index is 12.8. The first-order chi connectivity index (χ1) is 13.7. The van der Waals surface area contributed by atoms with Gasteiger partial charge in [-0.1, -0.05) is 12.1 Å². The minimum Gasteiger partial charge on any atom is -0.465 e. The summed E-state index contributed by atoms with van der Waals surface area (Å²) in [6, 6.07) is 8.17. The first-order valence-electron chi connectivity index (χ1n) is 8.73. The molecule has 0 unspecified atom stereocenters. The van der Waals surface area contributed by atoms with Crippen LogP contribution in [0.15, 0.2) is 46.1 Å². The van der Waals surface area contributed by atoms with E-state index in [0.717, 1.165) is 10.1 Å². The standard InChI is InChI=1S/C20H20N4O5/c1-22(11-12-5-7-13(8-6-12)19(27)29-4)17(25)14-9-15-16(21-10-14)23(2)20(28)24(3)18(15)26/h5-10H,11H2,1-4H3. The first-order valence-corrected chi connectivity index (χ1v) is 8.73. The van der Waals surface area contributed by atoms with Crippen molar-refractivity contribution in [3.05, 3.63) is 74.1 Å². The van der Waals surface area contributed by atoms with E-state index in [1.165, 1.54) is 42.9 Å². The van der Waals surface area contributed by atoms with Crippen LogP contribution >= 0.6 is 0 Å². The van der Waals surface area contributed by atoms with Gasteiger partial charge in [0.2, 0.25) is 0 Å². The van der Waals surface area contributed by atoms with E-state index in [4.69, 9.17) is 0 Å². The summed E-state index contributed by atoms with van der Waals surface area (Å²) in [7, 11) is 5.83. The Morgan fingerprint density at radius 3 is 2.34 bits per heavy atom. The third kappa shape index (κ3) is 3.66. The predicted octanol–water partition coefficient (Wildman–Crippen LogP) is 0.691. The molecule has 29 heavy (non-hydrogen) atoms. The second-order valence-electron chi connectivity index (χ2n) is 6.65. The molecule has 0 bridgehead atoms. The number of fused-ring (bicyclic) bond motifs is 1. The Hall–Kier alpha value is -3.75. The summed E-state index contributed by atoms with van der Waals surface area (Å²) in [5, 5.41) is 0.191. The third-order valence-electron chi connectivity index (χ3n) is 4.68. The van der Waals surface area contributed by atoms with Gasteiger partial charge in [0.15, 0.2) is 0 Å². The van der Waals surface area contributed by atoms with Gasteiger partial charge in [-0.15, -0.1) is 0 Å². The minimum absolute atomic E-state index is 0.191. The molecule has 9 heteroatoms. The lowest BCUT2D eigenvalue weighted by Gasteiger charge is -2.18. The Labute approximate surface area is 165 Å². The van der Waals surface area contributed by atoms with Gasteiger partial charge in [-0.3, -0.25) is 18.7 Å². The quantitative estimate of drug-likeness (QED) is 0.601. The fourth-order valence-corrected chi connectivity index (χ4v) is 3.01. The topological polar surface area (TPSA) is 104 Å². The van der Waals surface area contributed by atoms with Crippen LogP contribution in [-0.2, 0) is 25.4 Å². The molecule has 0 aliphatic heterocycles. The second-order valence-corrected chi connectivity index (χ2v) is 6.65. The molecule has 0 saturated heterocycles. The van der Waals surface area contributed by atoms with Crippen LogP contribution in [-0.4, -0.2) is 45.1 Å². The smallest absolute Gasteiger partial charge is 0.337 e. The van der Waals surface area contributed by atoms with Crippen LogP contribution in [0.2, 0.25) is 0 Å². The number of hydrogen-bond acceptors (Lipinski definition) is 6. The number of hydrogen-bond donors (Lipinski definition) is 0. The van der Waals surface area contributed by atoms with Crippen molar-refractivity contribution in [2.24, 2.45) is 14.1 Å². The first kappa shape index (κ1) is 20.0. The zero-order chi connectivity index (χ0) is 21.3. The van der Waals surface area contributed by atoms with Crippen molar-refractivity contribution in [3.63, 3.8) is 0 Å². The molecule has 3 rings (SSSR count). The van der Waals surface area contributed by atoms with Crippen molar-refractivity contribution >= 4 is 22.9 Å². The van der Waals surface area contributed by atoms with Gasteiger partial charge in [-0.25, -0.2) is 14.6 Å². The van der Waals surface area contributed by atoms with Gasteiger partial charge in [0.1, 0.15) is 5.65 Å². The van der Waals surface area contributed by atoms with Gasteiger partial charge in [-0.05, 0) is 23.8 Å². The molecule has 0 atom stereocenters. The number of nitrogens with zero attached hydrogens (tertiary/aromatic N) is 4. The number of pyridine rings is 1. The molecule has 0 radical (unpaired) electrons. The van der Waals surface area contributed by atoms with Crippen LogP contribution in [0.1, 0.15) is 26.3 Å². The summed E-state index contributed by atoms with van der Waals surface area (Å²) >= 11 is 0. The molecule has 0 saturated carbocycles. The van der Waals surface area contributed by atoms with Crippen LogP contribution in [0.3, 0.4) is 0 Å². The molecule has 0 fully saturated rings. The number of rotatable bonds is 4. The fourth-order valence-electron chi connectivity index (χ4n) is 3.01. The molecule has 1 amide bonds. The van der Waals surface area contributed by atoms with Crippen LogP contribution < -0.4 is 11.2 Å². The van der Waals surface area contributed by atoms with Crippen molar-refractivity contribution in [2.75, 3.05) is 14.2 Å². The summed E-state index contributed by atoms with van der Waals surface area (Å²) in [6.07, 6.45) is 1.35. The van der Waals surface area contributed by atoms with E-state index < -0.39 is 17.2 Å². The molecule has 3 aromatic rings. The Bertz CT molecular complexity index is 1220. The summed E-state index contributed by atoms with van der Waals surface area (Å²) in [5.41, 5.74) is 0.705. The van der Waals surface area contributed by atoms with Crippen LogP contribution in [0.4, 0.5) is 0 Å². The highest BCUT2D eigenvalue weighted by atomic mass is 16.5. The maximum absolute atomic E-state index is 12.8. The lowest BCUT2D eigenvalue weighted by Crippen LogP contribution is -2.37. The molecule has 1 aromatic carbocycles. The Morgan fingerprint density at radius 1 is 1.07 bits per heavy atom. The largest absolute Gasteiger partial charge is 0.465 e. The van der Waals surface area contributed by atoms with E-state index in [2.05, 4.69) is 9.72 Å². The van der Waals surface area contributed by atoms with Gasteiger partial charge in [0, 0.05) is 33.9 Å². The van der Waals surface area contributed by atoms with Crippen molar-refractivity contribution in [1.29, 1.82) is 0 Å². The summed E-state index contributed by atoms with van der Waals surface area (Å²) in [6.45, 7) is 0.295. The van der Waals surface area contributed by atoms with E-state index in [1.54, 1.807) is 31.3 Å². The zero-order valence-electron chi connectivity index (χ0n) is 16.5. The summed E-state index contributed by atoms with van der Waals surface area (Å²) in [4.78, 5) is 54.3. The Morgan fingerprint density at radius 2 is 1.72 bits per heavy atom. The van der Waals surface area contributed by atoms with E-state index in [0.29, 0.717) is 12.1 Å². The molecular weight excluding hydrogens is 376 g/mol. The SMILES string of the molecule is COC(=O)c1ccc(CN(C)C(=O)c2cnc3c(c2)c(=O)n(C)c(=O)n3C)cc1. The normalized spacial score (nSPS) is 10.8. The van der Waals surface area contributed by atoms with E-state index in [9.17, 15) is 19.2 Å². The molecule has 0 aliphatic rings. The average molecular weight is 396 g/mol. The van der Waals surface area contributed by atoms with Gasteiger partial charge in [-0.2, -0.15) is 0 Å². The minimum atomic E-state index is -0.508. The number of aryl methyl sites for hydroxylation is 1. The molecule has 0 aliphatic carbocycles. The number of carbonyl (C=O) groups is 2. The van der Waals surface area contributed by atoms with Gasteiger partial charge in [0.05, 0.1) is 23.6 Å². The van der Waals surface area contributed by atoms with E-state index in [-0.39, 0.29) is 22.5 Å². The third-order valence-corrected chi connectivity index (χ3v) is 4.68. The van der Waals surface area contributed by atoms with Crippen LogP contribution in [0.25, 0.3) is 11.0 Å². The summed E-state index contributed by atoms with van der Waals surface area (Å²) < 4.78 is 6.90. The van der Waals surface area contributed by atoms with Gasteiger partial charge in [0.25, 0.3) is 11.5 Å². The lowest BCUT2D eigenvalue weighted by atomic mass is 10.1. The maximum Gasteiger partial charge on any atom is 0.337 e. The van der Waals surface area contributed by atoms with Crippen molar-refractivity contribution < 1.29 is 14.3 Å². The molecule has 9 nitrogen and oxygen atoms in total. The highest BCUT2D eigenvalue weighted by Gasteiger charge is 2.17. The molecular formula is C20H20N4O5. The predicted molar refractivity (Wildman–Crippen MR) is 106 cm³/mol. The number of methoxy groups -OCH3 is 1. The summed E-state index contributed by atoms with van der Waals surface area (Å²) in [5.74, 6) is -0.758. The molecule has 150 valence electrons. The highest BCUT2D eigenvalue weighted by Crippen LogP contribution is 2.13. The number of carbonyl (C=O) groups excluding carboxylic acids is 2. The molecule has 2 aromatic heterocycles. The Kier molecular flexibility index (Phi) is 5.31. The molecule has 2 heterocycles. The van der Waals surface area contributed by atoms with E-state index >= 15 is 0 Å². The van der Waals surface area contributed by atoms with Crippen LogP contribution in [0.5, 0.6) is 0 Å². The fraction of sp³-hybridized carbons (Fsp3) is 0.250.